The number of likely N-dealkylation sites (N-methyl/N-ethyl adjacent to an activating group) is 2. The van der Waals surface area contributed by atoms with Gasteiger partial charge >= 0.3 is 0 Å². The van der Waals surface area contributed by atoms with E-state index in [0.717, 1.165) is 19.4 Å². The summed E-state index contributed by atoms with van der Waals surface area (Å²) >= 11 is 0. The van der Waals surface area contributed by atoms with Gasteiger partial charge in [-0.1, -0.05) is 26.7 Å². The first-order valence-electron chi connectivity index (χ1n) is 6.11. The molecule has 3 nitrogen and oxygen atoms in total. The topological polar surface area (TPSA) is 32.3 Å². The molecule has 0 bridgehead atoms. The lowest BCUT2D eigenvalue weighted by atomic mass is 9.96. The molecular formula is C12H26N2O. The summed E-state index contributed by atoms with van der Waals surface area (Å²) in [7, 11) is 3.77. The molecule has 0 atom stereocenters. The molecule has 0 aromatic carbocycles. The molecule has 1 rings (SSSR count). The van der Waals surface area contributed by atoms with Gasteiger partial charge in [-0.15, -0.1) is 0 Å². The van der Waals surface area contributed by atoms with Crippen LogP contribution in [0.5, 0.6) is 0 Å². The third-order valence-electron chi connectivity index (χ3n) is 3.17. The Bertz CT molecular complexity index is 186. The van der Waals surface area contributed by atoms with Crippen molar-refractivity contribution in [2.75, 3.05) is 20.6 Å². The van der Waals surface area contributed by atoms with Crippen LogP contribution in [0.15, 0.2) is 0 Å². The molecule has 1 aliphatic carbocycles. The largest absolute Gasteiger partial charge is 0.344 e. The van der Waals surface area contributed by atoms with Gasteiger partial charge in [0.15, 0.2) is 0 Å². The highest BCUT2D eigenvalue weighted by molar-refractivity contribution is 5.86. The highest BCUT2D eigenvalue weighted by atomic mass is 16.2. The predicted molar refractivity (Wildman–Crippen MR) is 64.9 cm³/mol. The van der Waals surface area contributed by atoms with Crippen LogP contribution in [0.2, 0.25) is 0 Å². The average Bonchev–Trinajstić information content (AvgIpc) is 2.79. The van der Waals surface area contributed by atoms with Crippen molar-refractivity contribution in [3.63, 3.8) is 0 Å². The first kappa shape index (κ1) is 14.4. The van der Waals surface area contributed by atoms with Gasteiger partial charge in [0.05, 0.1) is 5.54 Å². The third kappa shape index (κ3) is 3.20. The smallest absolute Gasteiger partial charge is 0.242 e. The molecule has 90 valence electrons. The van der Waals surface area contributed by atoms with E-state index >= 15 is 0 Å². The maximum Gasteiger partial charge on any atom is 0.242 e. The van der Waals surface area contributed by atoms with E-state index in [1.54, 1.807) is 0 Å². The standard InChI is InChI=1S/C10H20N2O.C2H6/c1-4-12(3)9(13)10(11-2)7-5-6-8-10;1-2/h11H,4-8H2,1-3H3;1-2H3. The maximum absolute atomic E-state index is 12.0. The van der Waals surface area contributed by atoms with Crippen molar-refractivity contribution in [1.82, 2.24) is 10.2 Å². The summed E-state index contributed by atoms with van der Waals surface area (Å²) in [6, 6.07) is 0. The van der Waals surface area contributed by atoms with Gasteiger partial charge in [-0.25, -0.2) is 0 Å². The molecule has 15 heavy (non-hydrogen) atoms. The summed E-state index contributed by atoms with van der Waals surface area (Å²) in [5.41, 5.74) is -0.245. The molecule has 0 heterocycles. The van der Waals surface area contributed by atoms with Crippen LogP contribution in [0.4, 0.5) is 0 Å². The Morgan fingerprint density at radius 2 is 1.80 bits per heavy atom. The fraction of sp³-hybridized carbons (Fsp3) is 0.917. The Labute approximate surface area is 94.2 Å². The second-order valence-electron chi connectivity index (χ2n) is 3.86. The van der Waals surface area contributed by atoms with Gasteiger partial charge in [-0.3, -0.25) is 4.79 Å². The minimum Gasteiger partial charge on any atom is -0.344 e. The van der Waals surface area contributed by atoms with E-state index in [0.29, 0.717) is 0 Å². The van der Waals surface area contributed by atoms with E-state index in [1.807, 2.05) is 39.8 Å². The summed E-state index contributed by atoms with van der Waals surface area (Å²) < 4.78 is 0. The van der Waals surface area contributed by atoms with Crippen molar-refractivity contribution in [3.05, 3.63) is 0 Å². The Morgan fingerprint density at radius 3 is 2.13 bits per heavy atom. The lowest BCUT2D eigenvalue weighted by Gasteiger charge is -2.31. The number of nitrogens with zero attached hydrogens (tertiary/aromatic N) is 1. The Morgan fingerprint density at radius 1 is 1.33 bits per heavy atom. The van der Waals surface area contributed by atoms with E-state index in [-0.39, 0.29) is 11.4 Å². The van der Waals surface area contributed by atoms with Crippen LogP contribution in [0.3, 0.4) is 0 Å². The molecule has 0 saturated heterocycles. The third-order valence-corrected chi connectivity index (χ3v) is 3.17. The number of hydrogen-bond acceptors (Lipinski definition) is 2. The van der Waals surface area contributed by atoms with E-state index in [4.69, 9.17) is 0 Å². The summed E-state index contributed by atoms with van der Waals surface area (Å²) in [4.78, 5) is 13.8. The van der Waals surface area contributed by atoms with Crippen LogP contribution in [0.25, 0.3) is 0 Å². The number of carbonyl (C=O) groups excluding carboxylic acids is 1. The van der Waals surface area contributed by atoms with Crippen LogP contribution >= 0.6 is 0 Å². The number of hydrogen-bond donors (Lipinski definition) is 1. The number of carbonyl (C=O) groups is 1. The second kappa shape index (κ2) is 6.83. The van der Waals surface area contributed by atoms with E-state index < -0.39 is 0 Å². The lowest BCUT2D eigenvalue weighted by molar-refractivity contribution is -0.136. The van der Waals surface area contributed by atoms with Crippen LogP contribution in [-0.2, 0) is 4.79 Å². The second-order valence-corrected chi connectivity index (χ2v) is 3.86. The quantitative estimate of drug-likeness (QED) is 0.779. The first-order valence-corrected chi connectivity index (χ1v) is 6.11. The van der Waals surface area contributed by atoms with Crippen molar-refractivity contribution in [3.8, 4) is 0 Å². The fourth-order valence-electron chi connectivity index (χ4n) is 2.06. The molecule has 1 fully saturated rings. The van der Waals surface area contributed by atoms with Gasteiger partial charge in [0.25, 0.3) is 0 Å². The average molecular weight is 214 g/mol. The van der Waals surface area contributed by atoms with E-state index in [2.05, 4.69) is 5.32 Å². The predicted octanol–water partition coefficient (Wildman–Crippen LogP) is 2.02. The number of nitrogens with one attached hydrogen (secondary N) is 1. The normalized spacial score (nSPS) is 17.9. The lowest BCUT2D eigenvalue weighted by Crippen LogP contribution is -2.54. The van der Waals surface area contributed by atoms with Gasteiger partial charge in [-0.2, -0.15) is 0 Å². The van der Waals surface area contributed by atoms with E-state index in [9.17, 15) is 4.79 Å². The molecule has 0 aromatic heterocycles. The molecule has 0 aliphatic heterocycles. The minimum atomic E-state index is -0.245. The van der Waals surface area contributed by atoms with Gasteiger partial charge in [-0.05, 0) is 26.8 Å². The highest BCUT2D eigenvalue weighted by Crippen LogP contribution is 2.30. The Kier molecular flexibility index (Phi) is 6.57. The molecular weight excluding hydrogens is 188 g/mol. The maximum atomic E-state index is 12.0. The van der Waals surface area contributed by atoms with Crippen LogP contribution in [-0.4, -0.2) is 37.0 Å². The molecule has 0 radical (unpaired) electrons. The van der Waals surface area contributed by atoms with Crippen LogP contribution in [0, 0.1) is 0 Å². The fourth-order valence-corrected chi connectivity index (χ4v) is 2.06. The zero-order valence-electron chi connectivity index (χ0n) is 10.9. The molecule has 1 N–H and O–H groups in total. The van der Waals surface area contributed by atoms with Crippen molar-refractivity contribution in [1.29, 1.82) is 0 Å². The van der Waals surface area contributed by atoms with E-state index in [1.165, 1.54) is 12.8 Å². The van der Waals surface area contributed by atoms with Gasteiger partial charge in [0, 0.05) is 13.6 Å². The molecule has 0 spiro atoms. The summed E-state index contributed by atoms with van der Waals surface area (Å²) in [5.74, 6) is 0.259. The van der Waals surface area contributed by atoms with Crippen LogP contribution < -0.4 is 5.32 Å². The minimum absolute atomic E-state index is 0.245. The van der Waals surface area contributed by atoms with Crippen molar-refractivity contribution in [2.45, 2.75) is 52.0 Å². The zero-order valence-corrected chi connectivity index (χ0v) is 10.9. The van der Waals surface area contributed by atoms with Crippen LogP contribution in [0.1, 0.15) is 46.5 Å². The molecule has 1 saturated carbocycles. The van der Waals surface area contributed by atoms with Crippen molar-refractivity contribution in [2.24, 2.45) is 0 Å². The summed E-state index contributed by atoms with van der Waals surface area (Å²) in [5, 5.41) is 3.20. The number of rotatable bonds is 3. The monoisotopic (exact) mass is 214 g/mol. The first-order chi connectivity index (χ1) is 7.16. The highest BCUT2D eigenvalue weighted by Gasteiger charge is 2.40. The SMILES string of the molecule is CC.CCN(C)C(=O)C1(NC)CCCC1. The van der Waals surface area contributed by atoms with Crippen molar-refractivity contribution >= 4 is 5.91 Å². The molecule has 0 aromatic rings. The van der Waals surface area contributed by atoms with Gasteiger partial charge in [0.1, 0.15) is 0 Å². The molecule has 1 amide bonds. The molecule has 0 unspecified atom stereocenters. The number of amides is 1. The van der Waals surface area contributed by atoms with Crippen molar-refractivity contribution < 1.29 is 4.79 Å². The summed E-state index contributed by atoms with van der Waals surface area (Å²) in [6.07, 6.45) is 4.33. The van der Waals surface area contributed by atoms with Gasteiger partial charge < -0.3 is 10.2 Å². The summed E-state index contributed by atoms with van der Waals surface area (Å²) in [6.45, 7) is 6.80. The zero-order chi connectivity index (χ0) is 11.9. The molecule has 1 aliphatic rings. The Balaban J connectivity index is 0.000000921. The van der Waals surface area contributed by atoms with Gasteiger partial charge in [0.2, 0.25) is 5.91 Å². The Hall–Kier alpha value is -0.570. The molecule has 3 heteroatoms.